The second-order valence-electron chi connectivity index (χ2n) is 3.54. The standard InChI is InChI=1S/C14H11F/c1-11-7-9-13(10-8-11)14(15)12-5-3-2-4-6-12/h3,5-10,14H,1H3. The van der Waals surface area contributed by atoms with Crippen LogP contribution in [0.5, 0.6) is 0 Å². The smallest absolute Gasteiger partial charge is 0.151 e. The minimum Gasteiger partial charge on any atom is -0.237 e. The maximum Gasteiger partial charge on any atom is 0.151 e. The predicted octanol–water partition coefficient (Wildman–Crippen LogP) is 3.65. The van der Waals surface area contributed by atoms with E-state index in [9.17, 15) is 4.39 Å². The van der Waals surface area contributed by atoms with Crippen molar-refractivity contribution < 1.29 is 4.39 Å². The molecule has 74 valence electrons. The zero-order chi connectivity index (χ0) is 10.7. The Balaban J connectivity index is 2.29. The number of alkyl halides is 1. The highest BCUT2D eigenvalue weighted by molar-refractivity contribution is 5.30. The Morgan fingerprint density at radius 2 is 1.73 bits per heavy atom. The summed E-state index contributed by atoms with van der Waals surface area (Å²) in [5.41, 5.74) is 2.44. The fourth-order valence-corrected chi connectivity index (χ4v) is 1.44. The zero-order valence-electron chi connectivity index (χ0n) is 8.50. The largest absolute Gasteiger partial charge is 0.237 e. The van der Waals surface area contributed by atoms with Crippen LogP contribution in [-0.2, 0) is 0 Å². The molecule has 0 spiro atoms. The van der Waals surface area contributed by atoms with Crippen LogP contribution in [0.25, 0.3) is 0 Å². The Labute approximate surface area is 89.4 Å². The molecule has 15 heavy (non-hydrogen) atoms. The van der Waals surface area contributed by atoms with Crippen molar-refractivity contribution in [2.75, 3.05) is 0 Å². The third-order valence-electron chi connectivity index (χ3n) is 2.34. The van der Waals surface area contributed by atoms with Crippen molar-refractivity contribution in [2.45, 2.75) is 13.1 Å². The number of benzene rings is 1. The van der Waals surface area contributed by atoms with Crippen LogP contribution in [0.3, 0.4) is 0 Å². The number of aryl methyl sites for hydroxylation is 1. The average Bonchev–Trinajstić information content (AvgIpc) is 2.30. The van der Waals surface area contributed by atoms with Crippen LogP contribution in [-0.4, -0.2) is 0 Å². The van der Waals surface area contributed by atoms with Gasteiger partial charge in [-0.25, -0.2) is 4.39 Å². The zero-order valence-corrected chi connectivity index (χ0v) is 8.50. The molecule has 0 heterocycles. The van der Waals surface area contributed by atoms with E-state index in [-0.39, 0.29) is 0 Å². The van der Waals surface area contributed by atoms with Crippen LogP contribution < -0.4 is 0 Å². The normalized spacial score (nSPS) is 11.9. The lowest BCUT2D eigenvalue weighted by atomic mass is 10.0. The van der Waals surface area contributed by atoms with Crippen LogP contribution in [0.15, 0.2) is 42.5 Å². The molecular formula is C14H11F. The van der Waals surface area contributed by atoms with E-state index in [0.717, 1.165) is 5.56 Å². The van der Waals surface area contributed by atoms with Crippen LogP contribution in [0.2, 0.25) is 0 Å². The maximum absolute atomic E-state index is 14.0. The lowest BCUT2D eigenvalue weighted by molar-refractivity contribution is 0.402. The molecule has 0 aliphatic heterocycles. The van der Waals surface area contributed by atoms with Gasteiger partial charge in [0.2, 0.25) is 0 Å². The summed E-state index contributed by atoms with van der Waals surface area (Å²) in [6.07, 6.45) is -1.07. The summed E-state index contributed by atoms with van der Waals surface area (Å²) in [5.74, 6) is 0. The van der Waals surface area contributed by atoms with Gasteiger partial charge in [0.1, 0.15) is 0 Å². The summed E-state index contributed by atoms with van der Waals surface area (Å²) in [4.78, 5) is 0. The Hall–Kier alpha value is -1.81. The van der Waals surface area contributed by atoms with Gasteiger partial charge in [0.25, 0.3) is 0 Å². The highest BCUT2D eigenvalue weighted by atomic mass is 19.1. The SMILES string of the molecule is Cc1ccc(C(F)c2cc#ccc2)cc1. The second kappa shape index (κ2) is 4.14. The van der Waals surface area contributed by atoms with Gasteiger partial charge in [0.05, 0.1) is 0 Å². The Kier molecular flexibility index (Phi) is 2.69. The molecule has 2 aromatic carbocycles. The third-order valence-corrected chi connectivity index (χ3v) is 2.34. The van der Waals surface area contributed by atoms with E-state index in [2.05, 4.69) is 12.1 Å². The van der Waals surface area contributed by atoms with Crippen LogP contribution in [0.4, 0.5) is 4.39 Å². The Morgan fingerprint density at radius 1 is 1.00 bits per heavy atom. The van der Waals surface area contributed by atoms with Gasteiger partial charge in [0, 0.05) is 0 Å². The number of hydrogen-bond acceptors (Lipinski definition) is 0. The van der Waals surface area contributed by atoms with Gasteiger partial charge in [-0.3, -0.25) is 0 Å². The van der Waals surface area contributed by atoms with Gasteiger partial charge < -0.3 is 0 Å². The van der Waals surface area contributed by atoms with E-state index in [1.807, 2.05) is 31.2 Å². The maximum atomic E-state index is 14.0. The lowest BCUT2D eigenvalue weighted by Gasteiger charge is -2.07. The number of hydrogen-bond donors (Lipinski definition) is 0. The van der Waals surface area contributed by atoms with Crippen molar-refractivity contribution in [1.29, 1.82) is 0 Å². The molecule has 1 heteroatoms. The Bertz CT molecular complexity index is 417. The molecule has 0 nitrogen and oxygen atoms in total. The van der Waals surface area contributed by atoms with E-state index in [1.54, 1.807) is 18.2 Å². The summed E-state index contributed by atoms with van der Waals surface area (Å²) >= 11 is 0. The molecule has 0 aliphatic rings. The first-order chi connectivity index (χ1) is 7.27. The van der Waals surface area contributed by atoms with Crippen molar-refractivity contribution in [2.24, 2.45) is 0 Å². The highest BCUT2D eigenvalue weighted by Crippen LogP contribution is 2.25. The quantitative estimate of drug-likeness (QED) is 0.690. The van der Waals surface area contributed by atoms with E-state index < -0.39 is 6.17 Å². The first-order valence-corrected chi connectivity index (χ1v) is 4.85. The summed E-state index contributed by atoms with van der Waals surface area (Å²) < 4.78 is 14.0. The molecule has 0 bridgehead atoms. The lowest BCUT2D eigenvalue weighted by Crippen LogP contribution is -1.93. The fourth-order valence-electron chi connectivity index (χ4n) is 1.44. The fraction of sp³-hybridized carbons (Fsp3) is 0.143. The molecule has 0 fully saturated rings. The molecule has 0 amide bonds. The van der Waals surface area contributed by atoms with E-state index in [1.165, 1.54) is 0 Å². The summed E-state index contributed by atoms with van der Waals surface area (Å²) in [6, 6.07) is 18.0. The average molecular weight is 198 g/mol. The van der Waals surface area contributed by atoms with Gasteiger partial charge in [-0.2, -0.15) is 0 Å². The minimum absolute atomic E-state index is 0.623. The van der Waals surface area contributed by atoms with Gasteiger partial charge in [-0.05, 0) is 36.2 Å². The summed E-state index contributed by atoms with van der Waals surface area (Å²) in [6.45, 7) is 1.99. The minimum atomic E-state index is -1.07. The van der Waals surface area contributed by atoms with Crippen molar-refractivity contribution in [1.82, 2.24) is 0 Å². The van der Waals surface area contributed by atoms with Crippen molar-refractivity contribution in [3.63, 3.8) is 0 Å². The summed E-state index contributed by atoms with van der Waals surface area (Å²) in [5, 5.41) is 0. The summed E-state index contributed by atoms with van der Waals surface area (Å²) in [7, 11) is 0. The van der Waals surface area contributed by atoms with E-state index >= 15 is 0 Å². The molecular weight excluding hydrogens is 187 g/mol. The van der Waals surface area contributed by atoms with Crippen molar-refractivity contribution in [3.8, 4) is 0 Å². The predicted molar refractivity (Wildman–Crippen MR) is 58.2 cm³/mol. The molecule has 0 aliphatic carbocycles. The second-order valence-corrected chi connectivity index (χ2v) is 3.54. The van der Waals surface area contributed by atoms with Gasteiger partial charge >= 0.3 is 0 Å². The van der Waals surface area contributed by atoms with Crippen molar-refractivity contribution in [3.05, 3.63) is 71.3 Å². The van der Waals surface area contributed by atoms with Crippen LogP contribution in [0.1, 0.15) is 22.9 Å². The Morgan fingerprint density at radius 3 is 2.33 bits per heavy atom. The monoisotopic (exact) mass is 198 g/mol. The first kappa shape index (κ1) is 9.73. The molecule has 0 saturated carbocycles. The van der Waals surface area contributed by atoms with Gasteiger partial charge in [-0.1, -0.05) is 42.0 Å². The molecule has 2 aromatic rings. The molecule has 2 rings (SSSR count). The number of rotatable bonds is 2. The molecule has 0 radical (unpaired) electrons. The van der Waals surface area contributed by atoms with E-state index in [0.29, 0.717) is 11.1 Å². The third kappa shape index (κ3) is 2.16. The number of halogens is 1. The van der Waals surface area contributed by atoms with Crippen molar-refractivity contribution >= 4 is 0 Å². The highest BCUT2D eigenvalue weighted by Gasteiger charge is 2.11. The van der Waals surface area contributed by atoms with Gasteiger partial charge in [0.15, 0.2) is 6.17 Å². The van der Waals surface area contributed by atoms with Gasteiger partial charge in [-0.15, -0.1) is 0 Å². The first-order valence-electron chi connectivity index (χ1n) is 4.85. The molecule has 0 N–H and O–H groups in total. The molecule has 0 saturated heterocycles. The van der Waals surface area contributed by atoms with Crippen LogP contribution >= 0.6 is 0 Å². The van der Waals surface area contributed by atoms with E-state index in [4.69, 9.17) is 0 Å². The molecule has 0 aromatic heterocycles. The molecule has 1 unspecified atom stereocenters. The molecule has 1 atom stereocenters. The topological polar surface area (TPSA) is 0 Å². The van der Waals surface area contributed by atoms with Crippen LogP contribution in [0, 0.1) is 19.1 Å².